The molecule has 1 saturated heterocycles. The Morgan fingerprint density at radius 2 is 2.05 bits per heavy atom. The average molecular weight is 283 g/mol. The lowest BCUT2D eigenvalue weighted by molar-refractivity contribution is -0.117. The largest absolute Gasteiger partial charge is 0.399 e. The number of carbonyl (C=O) groups is 1. The standard InChI is InChI=1S/C13H19ClN4O/c1-17-4-6-18(7-5-17)9-13(19)16-12-3-2-10(15)8-11(12)14/h2-3,8H,4-7,9,15H2,1H3,(H,16,19). The first-order valence-electron chi connectivity index (χ1n) is 6.30. The molecule has 3 N–H and O–H groups in total. The maximum atomic E-state index is 11.9. The van der Waals surface area contributed by atoms with Crippen LogP contribution >= 0.6 is 11.6 Å². The number of amides is 1. The summed E-state index contributed by atoms with van der Waals surface area (Å²) in [5.74, 6) is -0.0452. The van der Waals surface area contributed by atoms with E-state index in [1.807, 2.05) is 0 Å². The number of anilines is 2. The van der Waals surface area contributed by atoms with Crippen LogP contribution in [0.4, 0.5) is 11.4 Å². The van der Waals surface area contributed by atoms with Gasteiger partial charge in [0.2, 0.25) is 5.91 Å². The molecule has 0 aromatic heterocycles. The van der Waals surface area contributed by atoms with E-state index in [0.29, 0.717) is 22.9 Å². The molecule has 2 rings (SSSR count). The number of halogens is 1. The van der Waals surface area contributed by atoms with Crippen LogP contribution in [-0.2, 0) is 4.79 Å². The van der Waals surface area contributed by atoms with E-state index in [-0.39, 0.29) is 5.91 Å². The summed E-state index contributed by atoms with van der Waals surface area (Å²) >= 11 is 6.02. The van der Waals surface area contributed by atoms with Crippen molar-refractivity contribution in [3.8, 4) is 0 Å². The third-order valence-electron chi connectivity index (χ3n) is 3.23. The second-order valence-electron chi connectivity index (χ2n) is 4.87. The third kappa shape index (κ3) is 4.09. The average Bonchev–Trinajstić information content (AvgIpc) is 2.36. The van der Waals surface area contributed by atoms with E-state index in [2.05, 4.69) is 22.2 Å². The van der Waals surface area contributed by atoms with Crippen LogP contribution in [0.1, 0.15) is 0 Å². The summed E-state index contributed by atoms with van der Waals surface area (Å²) < 4.78 is 0. The summed E-state index contributed by atoms with van der Waals surface area (Å²) in [5, 5.41) is 3.28. The quantitative estimate of drug-likeness (QED) is 0.816. The molecule has 1 amide bonds. The number of nitrogen functional groups attached to an aromatic ring is 1. The predicted octanol–water partition coefficient (Wildman–Crippen LogP) is 1.11. The molecule has 104 valence electrons. The summed E-state index contributed by atoms with van der Waals surface area (Å²) in [6.07, 6.45) is 0. The number of hydrogen-bond acceptors (Lipinski definition) is 4. The van der Waals surface area contributed by atoms with Crippen molar-refractivity contribution >= 4 is 28.9 Å². The molecule has 6 heteroatoms. The number of nitrogens with one attached hydrogen (secondary N) is 1. The van der Waals surface area contributed by atoms with Crippen LogP contribution < -0.4 is 11.1 Å². The van der Waals surface area contributed by atoms with Crippen molar-refractivity contribution < 1.29 is 4.79 Å². The molecule has 5 nitrogen and oxygen atoms in total. The van der Waals surface area contributed by atoms with Gasteiger partial charge in [-0.3, -0.25) is 9.69 Å². The van der Waals surface area contributed by atoms with Crippen molar-refractivity contribution in [1.29, 1.82) is 0 Å². The van der Waals surface area contributed by atoms with E-state index in [0.717, 1.165) is 26.2 Å². The van der Waals surface area contributed by atoms with Crippen LogP contribution in [-0.4, -0.2) is 55.5 Å². The number of nitrogens with two attached hydrogens (primary N) is 1. The van der Waals surface area contributed by atoms with Crippen LogP contribution in [0.15, 0.2) is 18.2 Å². The first-order chi connectivity index (χ1) is 9.04. The molecule has 0 bridgehead atoms. The molecular weight excluding hydrogens is 264 g/mol. The van der Waals surface area contributed by atoms with Crippen molar-refractivity contribution in [3.63, 3.8) is 0 Å². The van der Waals surface area contributed by atoms with E-state index < -0.39 is 0 Å². The summed E-state index contributed by atoms with van der Waals surface area (Å²) in [5.41, 5.74) is 6.80. The lowest BCUT2D eigenvalue weighted by atomic mass is 10.2. The van der Waals surface area contributed by atoms with Crippen molar-refractivity contribution in [1.82, 2.24) is 9.80 Å². The molecule has 0 radical (unpaired) electrons. The maximum Gasteiger partial charge on any atom is 0.238 e. The fourth-order valence-electron chi connectivity index (χ4n) is 2.03. The number of hydrogen-bond donors (Lipinski definition) is 2. The molecule has 1 aromatic rings. The van der Waals surface area contributed by atoms with Crippen LogP contribution in [0.2, 0.25) is 5.02 Å². The summed E-state index contributed by atoms with van der Waals surface area (Å²) in [6, 6.07) is 5.07. The molecule has 1 fully saturated rings. The highest BCUT2D eigenvalue weighted by molar-refractivity contribution is 6.34. The zero-order valence-corrected chi connectivity index (χ0v) is 11.8. The van der Waals surface area contributed by atoms with Crippen molar-refractivity contribution in [3.05, 3.63) is 23.2 Å². The minimum Gasteiger partial charge on any atom is -0.399 e. The van der Waals surface area contributed by atoms with Crippen molar-refractivity contribution in [2.45, 2.75) is 0 Å². The van der Waals surface area contributed by atoms with Crippen LogP contribution in [0.5, 0.6) is 0 Å². The zero-order chi connectivity index (χ0) is 13.8. The molecule has 0 saturated carbocycles. The van der Waals surface area contributed by atoms with E-state index >= 15 is 0 Å². The molecule has 1 aliphatic heterocycles. The van der Waals surface area contributed by atoms with Gasteiger partial charge >= 0.3 is 0 Å². The van der Waals surface area contributed by atoms with E-state index in [9.17, 15) is 4.79 Å². The van der Waals surface area contributed by atoms with E-state index in [1.165, 1.54) is 0 Å². The lowest BCUT2D eigenvalue weighted by Crippen LogP contribution is -2.47. The van der Waals surface area contributed by atoms with Crippen LogP contribution in [0.3, 0.4) is 0 Å². The Morgan fingerprint density at radius 1 is 1.37 bits per heavy atom. The molecule has 0 spiro atoms. The van der Waals surface area contributed by atoms with E-state index in [4.69, 9.17) is 17.3 Å². The van der Waals surface area contributed by atoms with Gasteiger partial charge < -0.3 is 16.0 Å². The van der Waals surface area contributed by atoms with Gasteiger partial charge in [-0.05, 0) is 25.2 Å². The zero-order valence-electron chi connectivity index (χ0n) is 11.0. The SMILES string of the molecule is CN1CCN(CC(=O)Nc2ccc(N)cc2Cl)CC1. The lowest BCUT2D eigenvalue weighted by Gasteiger charge is -2.31. The molecule has 0 atom stereocenters. The second kappa shape index (κ2) is 6.23. The van der Waals surface area contributed by atoms with Gasteiger partial charge in [0.05, 0.1) is 17.3 Å². The molecular formula is C13H19ClN4O. The molecule has 0 aliphatic carbocycles. The summed E-state index contributed by atoms with van der Waals surface area (Å²) in [6.45, 7) is 4.22. The van der Waals surface area contributed by atoms with Gasteiger partial charge in [0.15, 0.2) is 0 Å². The monoisotopic (exact) mass is 282 g/mol. The predicted molar refractivity (Wildman–Crippen MR) is 78.4 cm³/mol. The van der Waals surface area contributed by atoms with Gasteiger partial charge in [-0.15, -0.1) is 0 Å². The smallest absolute Gasteiger partial charge is 0.238 e. The Bertz CT molecular complexity index is 458. The number of benzene rings is 1. The van der Waals surface area contributed by atoms with Crippen molar-refractivity contribution in [2.75, 3.05) is 50.8 Å². The maximum absolute atomic E-state index is 11.9. The van der Waals surface area contributed by atoms with Gasteiger partial charge in [0.25, 0.3) is 0 Å². The van der Waals surface area contributed by atoms with Gasteiger partial charge in [-0.1, -0.05) is 11.6 Å². The molecule has 19 heavy (non-hydrogen) atoms. The molecule has 1 heterocycles. The number of carbonyl (C=O) groups excluding carboxylic acids is 1. The Morgan fingerprint density at radius 3 is 2.68 bits per heavy atom. The Hall–Kier alpha value is -1.30. The first-order valence-corrected chi connectivity index (χ1v) is 6.68. The first kappa shape index (κ1) is 14.1. The number of nitrogens with zero attached hydrogens (tertiary/aromatic N) is 2. The normalized spacial score (nSPS) is 17.4. The van der Waals surface area contributed by atoms with Crippen molar-refractivity contribution in [2.24, 2.45) is 0 Å². The van der Waals surface area contributed by atoms with Crippen LogP contribution in [0.25, 0.3) is 0 Å². The molecule has 1 aromatic carbocycles. The van der Waals surface area contributed by atoms with Gasteiger partial charge in [0, 0.05) is 31.9 Å². The highest BCUT2D eigenvalue weighted by Crippen LogP contribution is 2.23. The summed E-state index contributed by atoms with van der Waals surface area (Å²) in [7, 11) is 2.09. The fourth-order valence-corrected chi connectivity index (χ4v) is 2.27. The topological polar surface area (TPSA) is 61.6 Å². The minimum atomic E-state index is -0.0452. The highest BCUT2D eigenvalue weighted by atomic mass is 35.5. The van der Waals surface area contributed by atoms with Crippen LogP contribution in [0, 0.1) is 0 Å². The molecule has 0 unspecified atom stereocenters. The molecule has 1 aliphatic rings. The fraction of sp³-hybridized carbons (Fsp3) is 0.462. The number of rotatable bonds is 3. The minimum absolute atomic E-state index is 0.0452. The number of likely N-dealkylation sites (N-methyl/N-ethyl adjacent to an activating group) is 1. The van der Waals surface area contributed by atoms with Gasteiger partial charge in [-0.2, -0.15) is 0 Å². The Kier molecular flexibility index (Phi) is 4.63. The Labute approximate surface area is 118 Å². The highest BCUT2D eigenvalue weighted by Gasteiger charge is 2.16. The van der Waals surface area contributed by atoms with Gasteiger partial charge in [0.1, 0.15) is 0 Å². The van der Waals surface area contributed by atoms with E-state index in [1.54, 1.807) is 18.2 Å². The second-order valence-corrected chi connectivity index (χ2v) is 5.27. The Balaban J connectivity index is 1.87. The summed E-state index contributed by atoms with van der Waals surface area (Å²) in [4.78, 5) is 16.3. The number of piperazine rings is 1. The third-order valence-corrected chi connectivity index (χ3v) is 3.54. The van der Waals surface area contributed by atoms with Gasteiger partial charge in [-0.25, -0.2) is 0 Å².